The van der Waals surface area contributed by atoms with Crippen LogP contribution in [-0.4, -0.2) is 25.7 Å². The van der Waals surface area contributed by atoms with Crippen LogP contribution < -0.4 is 5.32 Å². The second-order valence-corrected chi connectivity index (χ2v) is 5.41. The van der Waals surface area contributed by atoms with Crippen molar-refractivity contribution in [3.8, 4) is 0 Å². The molecule has 1 saturated carbocycles. The summed E-state index contributed by atoms with van der Waals surface area (Å²) in [5.41, 5.74) is 1.02. The number of esters is 1. The molecule has 0 aromatic heterocycles. The first-order valence-electron chi connectivity index (χ1n) is 7.08. The smallest absolute Gasteiger partial charge is 0.314 e. The zero-order valence-corrected chi connectivity index (χ0v) is 11.8. The van der Waals surface area contributed by atoms with E-state index in [2.05, 4.69) is 12.2 Å². The summed E-state index contributed by atoms with van der Waals surface area (Å²) in [6.07, 6.45) is 3.78. The van der Waals surface area contributed by atoms with Crippen molar-refractivity contribution in [1.29, 1.82) is 0 Å². The van der Waals surface area contributed by atoms with Crippen molar-refractivity contribution in [2.75, 3.05) is 13.7 Å². The summed E-state index contributed by atoms with van der Waals surface area (Å²) < 4.78 is 4.93. The van der Waals surface area contributed by atoms with Gasteiger partial charge >= 0.3 is 5.97 Å². The second kappa shape index (κ2) is 6.71. The van der Waals surface area contributed by atoms with Crippen LogP contribution in [0, 0.1) is 5.92 Å². The number of carbonyl (C=O) groups excluding carboxylic acids is 1. The maximum atomic E-state index is 11.9. The molecule has 1 N–H and O–H groups in total. The van der Waals surface area contributed by atoms with Gasteiger partial charge in [0, 0.05) is 12.6 Å². The predicted molar refractivity (Wildman–Crippen MR) is 76.0 cm³/mol. The Kier molecular flexibility index (Phi) is 4.97. The predicted octanol–water partition coefficient (Wildman–Crippen LogP) is 2.72. The Balaban J connectivity index is 2.00. The van der Waals surface area contributed by atoms with Crippen LogP contribution in [0.1, 0.15) is 37.7 Å². The number of nitrogens with one attached hydrogen (secondary N) is 1. The number of rotatable bonds is 5. The van der Waals surface area contributed by atoms with Crippen LogP contribution in [0.25, 0.3) is 0 Å². The van der Waals surface area contributed by atoms with Gasteiger partial charge in [0.1, 0.15) is 0 Å². The molecule has 1 aromatic carbocycles. The Morgan fingerprint density at radius 2 is 2.11 bits per heavy atom. The summed E-state index contributed by atoms with van der Waals surface area (Å²) in [5.74, 6) is 0.331. The highest BCUT2D eigenvalue weighted by molar-refractivity contribution is 5.78. The van der Waals surface area contributed by atoms with Gasteiger partial charge in [-0.2, -0.15) is 0 Å². The molecule has 1 aliphatic rings. The molecule has 19 heavy (non-hydrogen) atoms. The van der Waals surface area contributed by atoms with Gasteiger partial charge in [-0.25, -0.2) is 0 Å². The SMILES string of the molecule is COC(=O)C(CNC1CCCC1C)c1ccccc1. The van der Waals surface area contributed by atoms with Crippen molar-refractivity contribution in [3.05, 3.63) is 35.9 Å². The molecule has 0 spiro atoms. The summed E-state index contributed by atoms with van der Waals surface area (Å²) in [4.78, 5) is 11.9. The van der Waals surface area contributed by atoms with Gasteiger partial charge in [0.2, 0.25) is 0 Å². The Morgan fingerprint density at radius 1 is 1.37 bits per heavy atom. The molecule has 2 rings (SSSR count). The van der Waals surface area contributed by atoms with E-state index in [-0.39, 0.29) is 11.9 Å². The number of benzene rings is 1. The van der Waals surface area contributed by atoms with E-state index in [1.54, 1.807) is 0 Å². The Hall–Kier alpha value is -1.35. The minimum atomic E-state index is -0.209. The molecule has 0 bridgehead atoms. The Morgan fingerprint density at radius 3 is 2.68 bits per heavy atom. The first-order chi connectivity index (χ1) is 9.22. The van der Waals surface area contributed by atoms with Crippen molar-refractivity contribution < 1.29 is 9.53 Å². The molecular weight excluding hydrogens is 238 g/mol. The monoisotopic (exact) mass is 261 g/mol. The van der Waals surface area contributed by atoms with Crippen LogP contribution >= 0.6 is 0 Å². The molecule has 1 fully saturated rings. The third kappa shape index (κ3) is 3.57. The molecule has 3 atom stereocenters. The fourth-order valence-electron chi connectivity index (χ4n) is 2.88. The zero-order chi connectivity index (χ0) is 13.7. The summed E-state index contributed by atoms with van der Waals surface area (Å²) >= 11 is 0. The number of hydrogen-bond donors (Lipinski definition) is 1. The lowest BCUT2D eigenvalue weighted by molar-refractivity contribution is -0.142. The zero-order valence-electron chi connectivity index (χ0n) is 11.8. The molecular formula is C16H23NO2. The molecule has 0 saturated heterocycles. The van der Waals surface area contributed by atoms with E-state index < -0.39 is 0 Å². The fourth-order valence-corrected chi connectivity index (χ4v) is 2.88. The van der Waals surface area contributed by atoms with Gasteiger partial charge in [-0.15, -0.1) is 0 Å². The van der Waals surface area contributed by atoms with Crippen LogP contribution in [0.4, 0.5) is 0 Å². The van der Waals surface area contributed by atoms with E-state index in [0.29, 0.717) is 18.5 Å². The summed E-state index contributed by atoms with van der Waals surface area (Å²) in [7, 11) is 1.45. The van der Waals surface area contributed by atoms with E-state index in [0.717, 1.165) is 5.56 Å². The lowest BCUT2D eigenvalue weighted by atomic mass is 9.98. The molecule has 1 aliphatic carbocycles. The van der Waals surface area contributed by atoms with E-state index in [9.17, 15) is 4.79 Å². The van der Waals surface area contributed by atoms with Crippen molar-refractivity contribution in [1.82, 2.24) is 5.32 Å². The lowest BCUT2D eigenvalue weighted by Gasteiger charge is -2.21. The van der Waals surface area contributed by atoms with Gasteiger partial charge in [0.15, 0.2) is 0 Å². The summed E-state index contributed by atoms with van der Waals surface area (Å²) in [6, 6.07) is 10.4. The minimum Gasteiger partial charge on any atom is -0.469 e. The number of ether oxygens (including phenoxy) is 1. The van der Waals surface area contributed by atoms with Crippen molar-refractivity contribution in [3.63, 3.8) is 0 Å². The van der Waals surface area contributed by atoms with Gasteiger partial charge in [0.05, 0.1) is 13.0 Å². The van der Waals surface area contributed by atoms with Crippen LogP contribution in [-0.2, 0) is 9.53 Å². The van der Waals surface area contributed by atoms with Crippen molar-refractivity contribution >= 4 is 5.97 Å². The van der Waals surface area contributed by atoms with Crippen molar-refractivity contribution in [2.24, 2.45) is 5.92 Å². The van der Waals surface area contributed by atoms with Crippen LogP contribution in [0.2, 0.25) is 0 Å². The van der Waals surface area contributed by atoms with Crippen LogP contribution in [0.3, 0.4) is 0 Å². The summed E-state index contributed by atoms with van der Waals surface area (Å²) in [5, 5.41) is 3.54. The molecule has 0 radical (unpaired) electrons. The standard InChI is InChI=1S/C16H23NO2/c1-12-7-6-10-15(12)17-11-14(16(18)19-2)13-8-4-3-5-9-13/h3-5,8-9,12,14-15,17H,6-7,10-11H2,1-2H3. The van der Waals surface area contributed by atoms with Gasteiger partial charge in [-0.3, -0.25) is 4.79 Å². The average molecular weight is 261 g/mol. The minimum absolute atomic E-state index is 0.163. The highest BCUT2D eigenvalue weighted by Crippen LogP contribution is 2.25. The van der Waals surface area contributed by atoms with E-state index in [1.165, 1.54) is 26.4 Å². The lowest BCUT2D eigenvalue weighted by Crippen LogP contribution is -2.36. The van der Waals surface area contributed by atoms with Gasteiger partial charge in [-0.1, -0.05) is 43.7 Å². The molecule has 0 aliphatic heterocycles. The second-order valence-electron chi connectivity index (χ2n) is 5.41. The van der Waals surface area contributed by atoms with Crippen LogP contribution in [0.5, 0.6) is 0 Å². The topological polar surface area (TPSA) is 38.3 Å². The van der Waals surface area contributed by atoms with E-state index in [4.69, 9.17) is 4.74 Å². The van der Waals surface area contributed by atoms with Gasteiger partial charge in [0.25, 0.3) is 0 Å². The van der Waals surface area contributed by atoms with Gasteiger partial charge in [-0.05, 0) is 24.3 Å². The highest BCUT2D eigenvalue weighted by atomic mass is 16.5. The third-order valence-electron chi connectivity index (χ3n) is 4.13. The first kappa shape index (κ1) is 14.1. The van der Waals surface area contributed by atoms with Crippen LogP contribution in [0.15, 0.2) is 30.3 Å². The fraction of sp³-hybridized carbons (Fsp3) is 0.562. The molecule has 3 unspecified atom stereocenters. The highest BCUT2D eigenvalue weighted by Gasteiger charge is 2.26. The Labute approximate surface area is 115 Å². The molecule has 3 nitrogen and oxygen atoms in total. The molecule has 104 valence electrons. The average Bonchev–Trinajstić information content (AvgIpc) is 2.85. The molecule has 0 amide bonds. The molecule has 1 aromatic rings. The molecule has 0 heterocycles. The van der Waals surface area contributed by atoms with E-state index >= 15 is 0 Å². The molecule has 3 heteroatoms. The third-order valence-corrected chi connectivity index (χ3v) is 4.13. The Bertz CT molecular complexity index is 404. The number of methoxy groups -OCH3 is 1. The maximum absolute atomic E-state index is 11.9. The number of carbonyl (C=O) groups is 1. The maximum Gasteiger partial charge on any atom is 0.314 e. The quantitative estimate of drug-likeness (QED) is 0.828. The summed E-state index contributed by atoms with van der Waals surface area (Å²) in [6.45, 7) is 2.94. The first-order valence-corrected chi connectivity index (χ1v) is 7.08. The normalized spacial score (nSPS) is 24.1. The number of hydrogen-bond acceptors (Lipinski definition) is 3. The van der Waals surface area contributed by atoms with E-state index in [1.807, 2.05) is 30.3 Å². The largest absolute Gasteiger partial charge is 0.469 e. The van der Waals surface area contributed by atoms with Crippen molar-refractivity contribution in [2.45, 2.75) is 38.1 Å². The van der Waals surface area contributed by atoms with Gasteiger partial charge < -0.3 is 10.1 Å².